The van der Waals surface area contributed by atoms with Crippen LogP contribution in [0.15, 0.2) is 77.7 Å². The Morgan fingerprint density at radius 2 is 1.65 bits per heavy atom. The molecule has 0 radical (unpaired) electrons. The van der Waals surface area contributed by atoms with Gasteiger partial charge in [-0.1, -0.05) is 67.6 Å². The lowest BCUT2D eigenvalue weighted by atomic mass is 9.88. The van der Waals surface area contributed by atoms with Crippen molar-refractivity contribution in [3.63, 3.8) is 0 Å². The molecule has 214 valence electrons. The molecule has 4 rings (SSSR count). The Morgan fingerprint density at radius 1 is 1.00 bits per heavy atom. The Bertz CT molecular complexity index is 1390. The summed E-state index contributed by atoms with van der Waals surface area (Å²) in [4.78, 5) is 11.1. The van der Waals surface area contributed by atoms with Crippen LogP contribution >= 0.6 is 0 Å². The van der Waals surface area contributed by atoms with E-state index in [0.717, 1.165) is 30.4 Å². The number of β-amino-alcohol motifs (C(OH)–C–C–N with tert-alkyl or cyclic N) is 1. The molecule has 40 heavy (non-hydrogen) atoms. The molecule has 1 aliphatic rings. The average molecular weight is 565 g/mol. The van der Waals surface area contributed by atoms with E-state index in [0.29, 0.717) is 18.0 Å². The van der Waals surface area contributed by atoms with Crippen molar-refractivity contribution in [1.82, 2.24) is 9.62 Å². The van der Waals surface area contributed by atoms with Crippen molar-refractivity contribution in [3.8, 4) is 11.1 Å². The first-order valence-corrected chi connectivity index (χ1v) is 15.3. The average Bonchev–Trinajstić information content (AvgIpc) is 3.32. The van der Waals surface area contributed by atoms with Crippen LogP contribution in [0.5, 0.6) is 0 Å². The molecule has 8 heteroatoms. The first-order chi connectivity index (χ1) is 19.0. The maximum absolute atomic E-state index is 13.5. The van der Waals surface area contributed by atoms with Gasteiger partial charge in [0.1, 0.15) is 0 Å². The highest BCUT2D eigenvalue weighted by molar-refractivity contribution is 7.89. The summed E-state index contributed by atoms with van der Waals surface area (Å²) < 4.78 is 28.4. The number of sulfonamides is 1. The van der Waals surface area contributed by atoms with Gasteiger partial charge in [-0.25, -0.2) is 8.42 Å². The number of benzene rings is 3. The van der Waals surface area contributed by atoms with Gasteiger partial charge in [-0.2, -0.15) is 4.31 Å². The second kappa shape index (κ2) is 12.6. The SMILES string of the molecule is CCN(CC(O)CNC(C)(C)CC1Cc2ccccc2C1)S(=O)(=O)c1cccc(-c2ccc(CC(=O)O)cc2)c1. The number of rotatable bonds is 13. The largest absolute Gasteiger partial charge is 0.481 e. The van der Waals surface area contributed by atoms with Crippen LogP contribution in [0.3, 0.4) is 0 Å². The van der Waals surface area contributed by atoms with E-state index in [1.165, 1.54) is 15.4 Å². The molecular weight excluding hydrogens is 524 g/mol. The van der Waals surface area contributed by atoms with Crippen molar-refractivity contribution in [2.75, 3.05) is 19.6 Å². The summed E-state index contributed by atoms with van der Waals surface area (Å²) in [5.41, 5.74) is 4.84. The Balaban J connectivity index is 1.36. The van der Waals surface area contributed by atoms with Crippen LogP contribution in [-0.2, 0) is 34.1 Å². The Kier molecular flexibility index (Phi) is 9.46. The summed E-state index contributed by atoms with van der Waals surface area (Å²) in [6.45, 7) is 6.56. The van der Waals surface area contributed by atoms with Crippen LogP contribution in [0.1, 0.15) is 43.9 Å². The normalized spacial score (nSPS) is 14.8. The molecule has 0 heterocycles. The fraction of sp³-hybridized carbons (Fsp3) is 0.406. The Morgan fingerprint density at radius 3 is 2.25 bits per heavy atom. The van der Waals surface area contributed by atoms with Gasteiger partial charge in [0, 0.05) is 25.2 Å². The number of carboxylic acid groups (broad SMARTS) is 1. The van der Waals surface area contributed by atoms with Gasteiger partial charge in [-0.3, -0.25) is 4.79 Å². The van der Waals surface area contributed by atoms with Gasteiger partial charge in [0.15, 0.2) is 0 Å². The number of aliphatic carboxylic acids is 1. The quantitative estimate of drug-likeness (QED) is 0.282. The molecule has 0 saturated heterocycles. The monoisotopic (exact) mass is 564 g/mol. The minimum Gasteiger partial charge on any atom is -0.481 e. The van der Waals surface area contributed by atoms with Gasteiger partial charge >= 0.3 is 5.97 Å². The topological polar surface area (TPSA) is 107 Å². The van der Waals surface area contributed by atoms with E-state index in [1.807, 2.05) is 6.07 Å². The molecule has 0 spiro atoms. The van der Waals surface area contributed by atoms with E-state index in [4.69, 9.17) is 5.11 Å². The fourth-order valence-electron chi connectivity index (χ4n) is 5.65. The van der Waals surface area contributed by atoms with Crippen molar-refractivity contribution < 1.29 is 23.4 Å². The van der Waals surface area contributed by atoms with E-state index in [9.17, 15) is 18.3 Å². The minimum atomic E-state index is -3.84. The van der Waals surface area contributed by atoms with E-state index in [-0.39, 0.29) is 29.9 Å². The summed E-state index contributed by atoms with van der Waals surface area (Å²) in [7, 11) is -3.84. The number of likely N-dealkylation sites (N-methyl/N-ethyl adjacent to an activating group) is 1. The Labute approximate surface area is 237 Å². The molecule has 1 aliphatic carbocycles. The fourth-order valence-corrected chi connectivity index (χ4v) is 7.19. The molecule has 3 N–H and O–H groups in total. The number of fused-ring (bicyclic) bond motifs is 1. The van der Waals surface area contributed by atoms with Crippen LogP contribution < -0.4 is 5.32 Å². The van der Waals surface area contributed by atoms with Crippen LogP contribution in [0, 0.1) is 5.92 Å². The van der Waals surface area contributed by atoms with Gasteiger partial charge in [0.2, 0.25) is 10.0 Å². The van der Waals surface area contributed by atoms with Crippen molar-refractivity contribution in [3.05, 3.63) is 89.5 Å². The third-order valence-corrected chi connectivity index (χ3v) is 9.57. The predicted octanol–water partition coefficient (Wildman–Crippen LogP) is 4.53. The summed E-state index contributed by atoms with van der Waals surface area (Å²) in [5, 5.41) is 23.3. The highest BCUT2D eigenvalue weighted by atomic mass is 32.2. The second-order valence-electron chi connectivity index (χ2n) is 11.4. The van der Waals surface area contributed by atoms with Crippen LogP contribution in [0.25, 0.3) is 11.1 Å². The molecule has 1 unspecified atom stereocenters. The second-order valence-corrected chi connectivity index (χ2v) is 13.4. The number of carbonyl (C=O) groups is 1. The zero-order valence-electron chi connectivity index (χ0n) is 23.5. The summed E-state index contributed by atoms with van der Waals surface area (Å²) >= 11 is 0. The number of nitrogens with one attached hydrogen (secondary N) is 1. The maximum atomic E-state index is 13.5. The number of carboxylic acids is 1. The smallest absolute Gasteiger partial charge is 0.307 e. The lowest BCUT2D eigenvalue weighted by Gasteiger charge is -2.31. The van der Waals surface area contributed by atoms with E-state index >= 15 is 0 Å². The van der Waals surface area contributed by atoms with Gasteiger partial charge in [0.05, 0.1) is 17.4 Å². The number of hydrogen-bond acceptors (Lipinski definition) is 5. The standard InChI is InChI=1S/C32H40N2O5S/c1-4-34(22-29(35)21-33-32(2,3)20-24-16-26-8-5-6-9-27(26)17-24)40(38,39)30-11-7-10-28(19-30)25-14-12-23(13-15-25)18-31(36)37/h5-15,19,24,29,33,35H,4,16-18,20-22H2,1-3H3,(H,36,37). The first-order valence-electron chi connectivity index (χ1n) is 13.9. The van der Waals surface area contributed by atoms with Gasteiger partial charge in [-0.05, 0) is 79.0 Å². The van der Waals surface area contributed by atoms with Crippen molar-refractivity contribution in [2.24, 2.45) is 5.92 Å². The molecule has 0 saturated carbocycles. The molecule has 3 aromatic carbocycles. The van der Waals surface area contributed by atoms with E-state index in [1.54, 1.807) is 49.4 Å². The summed E-state index contributed by atoms with van der Waals surface area (Å²) in [5.74, 6) is -0.355. The molecule has 0 fully saturated rings. The van der Waals surface area contributed by atoms with E-state index < -0.39 is 22.1 Å². The highest BCUT2D eigenvalue weighted by Gasteiger charge is 2.30. The number of aliphatic hydroxyl groups is 1. The number of hydrogen-bond donors (Lipinski definition) is 3. The molecule has 0 amide bonds. The first kappa shape index (κ1) is 29.9. The van der Waals surface area contributed by atoms with Crippen molar-refractivity contribution in [1.29, 1.82) is 0 Å². The minimum absolute atomic E-state index is 0.00903. The maximum Gasteiger partial charge on any atom is 0.307 e. The van der Waals surface area contributed by atoms with Crippen LogP contribution in [0.2, 0.25) is 0 Å². The highest BCUT2D eigenvalue weighted by Crippen LogP contribution is 2.32. The summed E-state index contributed by atoms with van der Waals surface area (Å²) in [6, 6.07) is 22.3. The number of nitrogens with zero attached hydrogens (tertiary/aromatic N) is 1. The van der Waals surface area contributed by atoms with Gasteiger partial charge in [-0.15, -0.1) is 0 Å². The molecule has 3 aromatic rings. The lowest BCUT2D eigenvalue weighted by Crippen LogP contribution is -2.48. The lowest BCUT2D eigenvalue weighted by molar-refractivity contribution is -0.136. The molecule has 0 aromatic heterocycles. The molecule has 0 aliphatic heterocycles. The van der Waals surface area contributed by atoms with Crippen molar-refractivity contribution in [2.45, 2.75) is 63.0 Å². The molecule has 7 nitrogen and oxygen atoms in total. The Hall–Kier alpha value is -3.04. The zero-order chi connectivity index (χ0) is 28.9. The summed E-state index contributed by atoms with van der Waals surface area (Å²) in [6.07, 6.45) is 2.17. The van der Waals surface area contributed by atoms with Gasteiger partial charge in [0.25, 0.3) is 0 Å². The molecule has 0 bridgehead atoms. The zero-order valence-corrected chi connectivity index (χ0v) is 24.3. The molecule has 1 atom stereocenters. The van der Waals surface area contributed by atoms with E-state index in [2.05, 4.69) is 43.4 Å². The van der Waals surface area contributed by atoms with Gasteiger partial charge < -0.3 is 15.5 Å². The molecular formula is C32H40N2O5S. The third-order valence-electron chi connectivity index (χ3n) is 7.63. The van der Waals surface area contributed by atoms with Crippen molar-refractivity contribution >= 4 is 16.0 Å². The number of aliphatic hydroxyl groups excluding tert-OH is 1. The predicted molar refractivity (Wildman–Crippen MR) is 158 cm³/mol. The van der Waals surface area contributed by atoms with Crippen LogP contribution in [-0.4, -0.2) is 60.2 Å². The third kappa shape index (κ3) is 7.57. The van der Waals surface area contributed by atoms with Crippen LogP contribution in [0.4, 0.5) is 0 Å².